The fourth-order valence-corrected chi connectivity index (χ4v) is 3.13. The number of hydrogen-bond donors (Lipinski definition) is 2. The molecule has 0 amide bonds. The summed E-state index contributed by atoms with van der Waals surface area (Å²) in [4.78, 5) is 16.7. The lowest BCUT2D eigenvalue weighted by Crippen LogP contribution is -2.18. The van der Waals surface area contributed by atoms with Gasteiger partial charge in [0.2, 0.25) is 5.95 Å². The van der Waals surface area contributed by atoms with Gasteiger partial charge in [-0.25, -0.2) is 15.0 Å². The van der Waals surface area contributed by atoms with E-state index in [2.05, 4.69) is 31.8 Å². The maximum Gasteiger partial charge on any atom is 0.221 e. The summed E-state index contributed by atoms with van der Waals surface area (Å²) in [6.45, 7) is 1.61. The van der Waals surface area contributed by atoms with Gasteiger partial charge in [-0.1, -0.05) is 5.92 Å². The summed E-state index contributed by atoms with van der Waals surface area (Å²) in [7, 11) is 0. The van der Waals surface area contributed by atoms with Crippen molar-refractivity contribution < 1.29 is 5.11 Å². The van der Waals surface area contributed by atoms with Crippen LogP contribution in [-0.4, -0.2) is 29.6 Å². The Kier molecular flexibility index (Phi) is 3.88. The highest BCUT2D eigenvalue weighted by Gasteiger charge is 2.22. The first-order valence-electron chi connectivity index (χ1n) is 7.74. The third kappa shape index (κ3) is 3.01. The number of nitrogen functional groups attached to an aromatic ring is 1. The van der Waals surface area contributed by atoms with E-state index in [9.17, 15) is 5.11 Å². The van der Waals surface area contributed by atoms with Crippen molar-refractivity contribution in [2.75, 3.05) is 5.73 Å². The van der Waals surface area contributed by atoms with E-state index in [1.54, 1.807) is 30.9 Å². The average Bonchev–Trinajstić information content (AvgIpc) is 3.30. The zero-order chi connectivity index (χ0) is 18.1. The van der Waals surface area contributed by atoms with Crippen LogP contribution in [0.4, 0.5) is 5.95 Å². The topological polar surface area (TPSA) is 103 Å². The molecule has 3 N–H and O–H groups in total. The second kappa shape index (κ2) is 6.22. The molecule has 0 aliphatic heterocycles. The molecule has 0 unspecified atom stereocenters. The van der Waals surface area contributed by atoms with E-state index in [0.29, 0.717) is 16.3 Å². The Morgan fingerprint density at radius 3 is 2.92 bits per heavy atom. The maximum atomic E-state index is 10.5. The van der Waals surface area contributed by atoms with Gasteiger partial charge in [0.25, 0.3) is 0 Å². The van der Waals surface area contributed by atoms with Crippen LogP contribution >= 0.6 is 11.3 Å². The molecule has 0 saturated heterocycles. The molecule has 0 aliphatic carbocycles. The molecule has 4 rings (SSSR count). The number of nitrogens with two attached hydrogens (primary N) is 1. The predicted molar refractivity (Wildman–Crippen MR) is 99.6 cm³/mol. The number of nitrogens with zero attached hydrogens (tertiary/aromatic N) is 5. The summed E-state index contributed by atoms with van der Waals surface area (Å²) in [5.74, 6) is 5.97. The van der Waals surface area contributed by atoms with Gasteiger partial charge in [0.05, 0.1) is 5.69 Å². The normalized spacial score (nSPS) is 13.2. The first-order chi connectivity index (χ1) is 12.5. The van der Waals surface area contributed by atoms with Crippen molar-refractivity contribution in [1.29, 1.82) is 0 Å². The summed E-state index contributed by atoms with van der Waals surface area (Å²) >= 11 is 1.35. The first kappa shape index (κ1) is 16.2. The second-order valence-corrected chi connectivity index (χ2v) is 6.65. The van der Waals surface area contributed by atoms with E-state index >= 15 is 0 Å². The Balaban J connectivity index is 1.72. The Labute approximate surface area is 153 Å². The van der Waals surface area contributed by atoms with Crippen molar-refractivity contribution in [3.63, 3.8) is 0 Å². The number of aromatic nitrogens is 5. The highest BCUT2D eigenvalue weighted by molar-refractivity contribution is 7.09. The third-order valence-electron chi connectivity index (χ3n) is 3.75. The number of aliphatic hydroxyl groups is 1. The Morgan fingerprint density at radius 2 is 2.12 bits per heavy atom. The number of fused-ring (bicyclic) bond motifs is 1. The Bertz CT molecular complexity index is 1140. The van der Waals surface area contributed by atoms with E-state index < -0.39 is 5.60 Å². The van der Waals surface area contributed by atoms with Crippen LogP contribution in [0.25, 0.3) is 16.7 Å². The molecular formula is C18H14N6OS. The summed E-state index contributed by atoms with van der Waals surface area (Å²) in [6, 6.07) is 5.58. The minimum atomic E-state index is -1.33. The van der Waals surface area contributed by atoms with E-state index in [-0.39, 0.29) is 5.95 Å². The third-order valence-corrected chi connectivity index (χ3v) is 4.73. The molecule has 0 spiro atoms. The van der Waals surface area contributed by atoms with Crippen molar-refractivity contribution in [2.24, 2.45) is 0 Å². The Hall–Kier alpha value is -3.28. The number of hydrogen-bond acceptors (Lipinski definition) is 7. The van der Waals surface area contributed by atoms with Crippen LogP contribution in [0.5, 0.6) is 0 Å². The highest BCUT2D eigenvalue weighted by atomic mass is 32.1. The first-order valence-corrected chi connectivity index (χ1v) is 8.62. The second-order valence-electron chi connectivity index (χ2n) is 5.75. The fraction of sp³-hybridized carbons (Fsp3) is 0.111. The average molecular weight is 362 g/mol. The molecule has 4 aromatic rings. The summed E-state index contributed by atoms with van der Waals surface area (Å²) in [5, 5.41) is 13.7. The van der Waals surface area contributed by atoms with Crippen molar-refractivity contribution in [3.8, 4) is 17.5 Å². The minimum absolute atomic E-state index is 0.214. The predicted octanol–water partition coefficient (Wildman–Crippen LogP) is 2.11. The molecule has 0 fully saturated rings. The van der Waals surface area contributed by atoms with E-state index in [0.717, 1.165) is 11.1 Å². The van der Waals surface area contributed by atoms with Crippen LogP contribution < -0.4 is 5.73 Å². The molecule has 1 atom stereocenters. The van der Waals surface area contributed by atoms with Gasteiger partial charge in [-0.05, 0) is 31.0 Å². The molecule has 0 radical (unpaired) electrons. The summed E-state index contributed by atoms with van der Waals surface area (Å²) in [6.07, 6.45) is 6.87. The SMILES string of the molecule is C[C@@](O)(C#Cc1cc(-n2ccc3cnc(N)nc32)ccn1)c1nccs1. The van der Waals surface area contributed by atoms with E-state index in [1.807, 2.05) is 29.0 Å². The van der Waals surface area contributed by atoms with E-state index in [1.165, 1.54) is 11.3 Å². The molecule has 0 bridgehead atoms. The van der Waals surface area contributed by atoms with Crippen molar-refractivity contribution in [3.05, 3.63) is 59.1 Å². The number of thiazole rings is 1. The molecule has 0 aliphatic rings. The zero-order valence-electron chi connectivity index (χ0n) is 13.8. The lowest BCUT2D eigenvalue weighted by molar-refractivity contribution is 0.122. The lowest BCUT2D eigenvalue weighted by atomic mass is 10.1. The smallest absolute Gasteiger partial charge is 0.221 e. The van der Waals surface area contributed by atoms with Crippen molar-refractivity contribution in [2.45, 2.75) is 12.5 Å². The Morgan fingerprint density at radius 1 is 1.23 bits per heavy atom. The van der Waals surface area contributed by atoms with Gasteiger partial charge < -0.3 is 15.4 Å². The van der Waals surface area contributed by atoms with Crippen LogP contribution in [0.3, 0.4) is 0 Å². The van der Waals surface area contributed by atoms with Gasteiger partial charge in [-0.3, -0.25) is 0 Å². The highest BCUT2D eigenvalue weighted by Crippen LogP contribution is 2.22. The standard InChI is InChI=1S/C18H14N6OS/c1-18(25,16-21-7-9-26-16)5-2-13-10-14(3-6-20-13)24-8-4-12-11-22-17(19)23-15(12)24/h3-4,6-11,25H,1H3,(H2,19,22,23)/t18-/m1/s1. The van der Waals surface area contributed by atoms with Crippen LogP contribution in [0, 0.1) is 11.8 Å². The monoisotopic (exact) mass is 362 g/mol. The van der Waals surface area contributed by atoms with Crippen LogP contribution in [0.2, 0.25) is 0 Å². The number of pyridine rings is 1. The number of anilines is 1. The van der Waals surface area contributed by atoms with Gasteiger partial charge in [0, 0.05) is 35.6 Å². The molecule has 8 heteroatoms. The van der Waals surface area contributed by atoms with Gasteiger partial charge in [-0.2, -0.15) is 4.98 Å². The van der Waals surface area contributed by atoms with Crippen LogP contribution in [0.15, 0.2) is 48.4 Å². The van der Waals surface area contributed by atoms with Crippen LogP contribution in [-0.2, 0) is 5.60 Å². The number of rotatable bonds is 2. The summed E-state index contributed by atoms with van der Waals surface area (Å²) in [5.41, 5.74) is 6.45. The molecule has 0 saturated carbocycles. The molecule has 4 aromatic heterocycles. The largest absolute Gasteiger partial charge is 0.371 e. The molecule has 4 heterocycles. The van der Waals surface area contributed by atoms with Gasteiger partial charge in [0.15, 0.2) is 5.60 Å². The minimum Gasteiger partial charge on any atom is -0.371 e. The maximum absolute atomic E-state index is 10.5. The quantitative estimate of drug-likeness (QED) is 0.530. The van der Waals surface area contributed by atoms with E-state index in [4.69, 9.17) is 5.73 Å². The van der Waals surface area contributed by atoms with Crippen molar-refractivity contribution >= 4 is 28.3 Å². The molecule has 0 aromatic carbocycles. The van der Waals surface area contributed by atoms with Crippen LogP contribution in [0.1, 0.15) is 17.6 Å². The lowest BCUT2D eigenvalue weighted by Gasteiger charge is -2.11. The molecular weight excluding hydrogens is 348 g/mol. The van der Waals surface area contributed by atoms with Crippen molar-refractivity contribution in [1.82, 2.24) is 24.5 Å². The van der Waals surface area contributed by atoms with Gasteiger partial charge in [-0.15, -0.1) is 11.3 Å². The fourth-order valence-electron chi connectivity index (χ4n) is 2.48. The van der Waals surface area contributed by atoms with Gasteiger partial charge in [0.1, 0.15) is 16.3 Å². The molecule has 7 nitrogen and oxygen atoms in total. The molecule has 26 heavy (non-hydrogen) atoms. The van der Waals surface area contributed by atoms with Gasteiger partial charge >= 0.3 is 0 Å². The summed E-state index contributed by atoms with van der Waals surface area (Å²) < 4.78 is 1.89. The molecule has 128 valence electrons. The zero-order valence-corrected chi connectivity index (χ0v) is 14.6.